The van der Waals surface area contributed by atoms with Crippen molar-refractivity contribution in [2.75, 3.05) is 17.8 Å². The van der Waals surface area contributed by atoms with Gasteiger partial charge in [-0.05, 0) is 36.8 Å². The van der Waals surface area contributed by atoms with E-state index >= 15 is 0 Å². The van der Waals surface area contributed by atoms with E-state index in [1.807, 2.05) is 18.2 Å². The van der Waals surface area contributed by atoms with Crippen LogP contribution in [0.2, 0.25) is 5.02 Å². The SMILES string of the molecule is O=P(O)(O)CP(=O)(O)OC[C@H]1C[C@@H](n2nnc3c(NCc4ccccc4Cl)nc(CC4CC4)nc32)[C@H](O)[C@@H]1O. The number of hydrogen-bond donors (Lipinski definition) is 6. The normalized spacial score (nSPS) is 25.2. The number of aromatic nitrogens is 5. The molecule has 2 aliphatic carbocycles. The van der Waals surface area contributed by atoms with Gasteiger partial charge < -0.3 is 34.7 Å². The maximum Gasteiger partial charge on any atom is 0.340 e. The molecule has 5 rings (SSSR count). The molecule has 17 heteroatoms. The van der Waals surface area contributed by atoms with Crippen molar-refractivity contribution in [2.24, 2.45) is 11.8 Å². The fourth-order valence-corrected chi connectivity index (χ4v) is 7.52. The molecule has 1 unspecified atom stereocenters. The molecule has 2 aliphatic rings. The number of aliphatic hydroxyl groups excluding tert-OH is 2. The predicted octanol–water partition coefficient (Wildman–Crippen LogP) is 2.06. The van der Waals surface area contributed by atoms with Gasteiger partial charge in [-0.1, -0.05) is 35.0 Å². The van der Waals surface area contributed by atoms with Crippen molar-refractivity contribution in [1.29, 1.82) is 0 Å². The molecular formula is C22H29ClN6O8P2. The monoisotopic (exact) mass is 602 g/mol. The van der Waals surface area contributed by atoms with E-state index in [0.717, 1.165) is 18.4 Å². The number of nitrogens with zero attached hydrogens (tertiary/aromatic N) is 5. The van der Waals surface area contributed by atoms with Crippen molar-refractivity contribution < 1.29 is 38.5 Å². The number of anilines is 1. The first-order chi connectivity index (χ1) is 18.4. The average Bonchev–Trinajstić information content (AvgIpc) is 3.49. The van der Waals surface area contributed by atoms with Gasteiger partial charge in [0.05, 0.1) is 18.8 Å². The van der Waals surface area contributed by atoms with Crippen LogP contribution in [0.25, 0.3) is 11.2 Å². The molecule has 0 saturated heterocycles. The van der Waals surface area contributed by atoms with Gasteiger partial charge in [0.15, 0.2) is 22.9 Å². The van der Waals surface area contributed by atoms with E-state index in [4.69, 9.17) is 25.9 Å². The molecule has 3 aromatic rings. The van der Waals surface area contributed by atoms with E-state index in [1.54, 1.807) is 6.07 Å². The third-order valence-electron chi connectivity index (χ3n) is 6.88. The third kappa shape index (κ3) is 6.84. The van der Waals surface area contributed by atoms with E-state index in [-0.39, 0.29) is 6.42 Å². The van der Waals surface area contributed by atoms with Gasteiger partial charge in [0, 0.05) is 23.9 Å². The van der Waals surface area contributed by atoms with Gasteiger partial charge in [-0.25, -0.2) is 14.6 Å². The summed E-state index contributed by atoms with van der Waals surface area (Å²) in [7, 11) is -9.42. The maximum atomic E-state index is 12.0. The fraction of sp³-hybridized carbons (Fsp3) is 0.545. The molecule has 0 amide bonds. The van der Waals surface area contributed by atoms with Crippen molar-refractivity contribution >= 4 is 43.8 Å². The van der Waals surface area contributed by atoms with Crippen LogP contribution in [0.3, 0.4) is 0 Å². The highest BCUT2D eigenvalue weighted by Gasteiger charge is 2.45. The van der Waals surface area contributed by atoms with Gasteiger partial charge in [0.1, 0.15) is 11.9 Å². The van der Waals surface area contributed by atoms with Gasteiger partial charge in [-0.2, -0.15) is 0 Å². The zero-order valence-corrected chi connectivity index (χ0v) is 23.2. The van der Waals surface area contributed by atoms with Crippen LogP contribution < -0.4 is 5.32 Å². The molecule has 2 heterocycles. The lowest BCUT2D eigenvalue weighted by molar-refractivity contribution is -0.00362. The van der Waals surface area contributed by atoms with Crippen LogP contribution >= 0.6 is 26.8 Å². The van der Waals surface area contributed by atoms with Gasteiger partial charge in [-0.3, -0.25) is 9.13 Å². The minimum Gasteiger partial charge on any atom is -0.390 e. The van der Waals surface area contributed by atoms with E-state index in [2.05, 4.69) is 25.6 Å². The van der Waals surface area contributed by atoms with E-state index in [9.17, 15) is 24.2 Å². The Kier molecular flexibility index (Phi) is 8.13. The van der Waals surface area contributed by atoms with Crippen molar-refractivity contribution in [1.82, 2.24) is 25.0 Å². The minimum absolute atomic E-state index is 0.0844. The molecule has 0 spiro atoms. The zero-order valence-electron chi connectivity index (χ0n) is 20.6. The Morgan fingerprint density at radius 3 is 2.54 bits per heavy atom. The molecule has 0 radical (unpaired) electrons. The summed E-state index contributed by atoms with van der Waals surface area (Å²) in [5, 5.41) is 33.8. The quantitative estimate of drug-likeness (QED) is 0.174. The molecule has 0 bridgehead atoms. The first-order valence-corrected chi connectivity index (χ1v) is 16.3. The second-order valence-electron chi connectivity index (χ2n) is 10.1. The Morgan fingerprint density at radius 2 is 1.85 bits per heavy atom. The van der Waals surface area contributed by atoms with Crippen LogP contribution in [0, 0.1) is 11.8 Å². The minimum atomic E-state index is -4.80. The molecular weight excluding hydrogens is 574 g/mol. The molecule has 14 nitrogen and oxygen atoms in total. The number of hydrogen-bond acceptors (Lipinski definition) is 10. The summed E-state index contributed by atoms with van der Waals surface area (Å²) in [6.45, 7) is -0.122. The first-order valence-electron chi connectivity index (χ1n) is 12.4. The van der Waals surface area contributed by atoms with Gasteiger partial charge >= 0.3 is 15.2 Å². The van der Waals surface area contributed by atoms with Crippen molar-refractivity contribution in [3.63, 3.8) is 0 Å². The Balaban J connectivity index is 1.39. The van der Waals surface area contributed by atoms with Crippen LogP contribution in [0.15, 0.2) is 24.3 Å². The summed E-state index contributed by atoms with van der Waals surface area (Å²) in [6, 6.07) is 6.60. The molecule has 2 aromatic heterocycles. The van der Waals surface area contributed by atoms with E-state index in [1.165, 1.54) is 4.68 Å². The second kappa shape index (κ2) is 11.1. The molecule has 6 N–H and O–H groups in total. The standard InChI is InChI=1S/C22H29ClN6O8P2/c23-15-4-2-1-3-13(15)9-24-21-18-22(26-17(25-21)7-12-5-6-12)29(28-27-18)16-8-14(19(30)20(16)31)10-37-39(35,36)11-38(32,33)34/h1-4,12,14,16,19-20,30-31H,5-11H2,(H,35,36)(H,24,25,26)(H2,32,33,34)/t14-,16-,19-,20+/m1/s1. The summed E-state index contributed by atoms with van der Waals surface area (Å²) in [4.78, 5) is 37.1. The van der Waals surface area contributed by atoms with Crippen LogP contribution in [0.1, 0.15) is 36.7 Å². The molecule has 2 fully saturated rings. The topological polar surface area (TPSA) is 213 Å². The lowest BCUT2D eigenvalue weighted by Crippen LogP contribution is -2.31. The highest BCUT2D eigenvalue weighted by Crippen LogP contribution is 2.56. The summed E-state index contributed by atoms with van der Waals surface area (Å²) < 4.78 is 29.5. The predicted molar refractivity (Wildman–Crippen MR) is 140 cm³/mol. The highest BCUT2D eigenvalue weighted by molar-refractivity contribution is 7.70. The number of rotatable bonds is 11. The Bertz CT molecular complexity index is 1450. The molecule has 39 heavy (non-hydrogen) atoms. The number of fused-ring (bicyclic) bond motifs is 1. The van der Waals surface area contributed by atoms with Crippen LogP contribution in [0.4, 0.5) is 5.82 Å². The van der Waals surface area contributed by atoms with Crippen molar-refractivity contribution in [2.45, 2.75) is 50.5 Å². The van der Waals surface area contributed by atoms with Gasteiger partial charge in [0.2, 0.25) is 0 Å². The van der Waals surface area contributed by atoms with Gasteiger partial charge in [-0.15, -0.1) is 5.10 Å². The Hall–Kier alpha value is -1.99. The summed E-state index contributed by atoms with van der Waals surface area (Å²) in [6.07, 6.45) is 0.251. The van der Waals surface area contributed by atoms with E-state index < -0.39 is 51.9 Å². The van der Waals surface area contributed by atoms with Gasteiger partial charge in [0.25, 0.3) is 0 Å². The van der Waals surface area contributed by atoms with E-state index in [0.29, 0.717) is 46.7 Å². The average molecular weight is 603 g/mol. The number of nitrogens with one attached hydrogen (secondary N) is 1. The van der Waals surface area contributed by atoms with Crippen LogP contribution in [-0.2, 0) is 26.6 Å². The largest absolute Gasteiger partial charge is 0.390 e. The Morgan fingerprint density at radius 1 is 1.10 bits per heavy atom. The summed E-state index contributed by atoms with van der Waals surface area (Å²) in [5.74, 6) is -0.624. The van der Waals surface area contributed by atoms with Crippen molar-refractivity contribution in [3.05, 3.63) is 40.7 Å². The molecule has 2 saturated carbocycles. The highest BCUT2D eigenvalue weighted by atomic mass is 35.5. The smallest absolute Gasteiger partial charge is 0.340 e. The van der Waals surface area contributed by atoms with Crippen LogP contribution in [-0.4, -0.2) is 74.6 Å². The first kappa shape index (κ1) is 28.5. The third-order valence-corrected chi connectivity index (χ3v) is 10.7. The molecule has 0 aliphatic heterocycles. The second-order valence-corrected chi connectivity index (χ2v) is 14.5. The van der Waals surface area contributed by atoms with Crippen LogP contribution in [0.5, 0.6) is 0 Å². The fourth-order valence-electron chi connectivity index (χ4n) is 4.71. The summed E-state index contributed by atoms with van der Waals surface area (Å²) >= 11 is 6.30. The maximum absolute atomic E-state index is 12.0. The Labute approximate surface area is 228 Å². The molecule has 212 valence electrons. The number of aliphatic hydroxyl groups is 2. The number of halogens is 1. The molecule has 5 atom stereocenters. The summed E-state index contributed by atoms with van der Waals surface area (Å²) in [5.41, 5.74) is 1.58. The van der Waals surface area contributed by atoms with Crippen molar-refractivity contribution in [3.8, 4) is 0 Å². The molecule has 1 aromatic carbocycles. The zero-order chi connectivity index (χ0) is 27.9. The lowest BCUT2D eigenvalue weighted by Gasteiger charge is -2.19. The number of benzene rings is 1. The lowest BCUT2D eigenvalue weighted by atomic mass is 10.1.